The van der Waals surface area contributed by atoms with Crippen LogP contribution in [0, 0.1) is 12.7 Å². The van der Waals surface area contributed by atoms with Crippen molar-refractivity contribution in [2.75, 3.05) is 0 Å². The molecule has 0 amide bonds. The molecular formula is C23H16ClFO3. The minimum absolute atomic E-state index is 0.175. The second kappa shape index (κ2) is 7.49. The Bertz CT molecular complexity index is 1220. The average molecular weight is 395 g/mol. The van der Waals surface area contributed by atoms with Crippen LogP contribution in [0.15, 0.2) is 75.9 Å². The summed E-state index contributed by atoms with van der Waals surface area (Å²) in [6, 6.07) is 19.0. The molecule has 0 saturated heterocycles. The summed E-state index contributed by atoms with van der Waals surface area (Å²) in [5, 5.41) is 1.13. The molecule has 1 heterocycles. The summed E-state index contributed by atoms with van der Waals surface area (Å²) in [7, 11) is 0. The van der Waals surface area contributed by atoms with Crippen LogP contribution in [0.25, 0.3) is 22.1 Å². The maximum absolute atomic E-state index is 13.2. The number of benzene rings is 3. The number of halogens is 2. The Labute approximate surface area is 166 Å². The highest BCUT2D eigenvalue weighted by Crippen LogP contribution is 2.33. The predicted octanol–water partition coefficient (Wildman–Crippen LogP) is 6.14. The summed E-state index contributed by atoms with van der Waals surface area (Å²) in [5.41, 5.74) is 3.18. The smallest absolute Gasteiger partial charge is 0.336 e. The van der Waals surface area contributed by atoms with Crippen LogP contribution < -0.4 is 10.4 Å². The maximum Gasteiger partial charge on any atom is 0.336 e. The van der Waals surface area contributed by atoms with Crippen molar-refractivity contribution in [3.8, 4) is 16.9 Å². The quantitative estimate of drug-likeness (QED) is 0.390. The van der Waals surface area contributed by atoms with E-state index in [0.717, 1.165) is 16.5 Å². The van der Waals surface area contributed by atoms with Crippen LogP contribution in [0.3, 0.4) is 0 Å². The van der Waals surface area contributed by atoms with E-state index >= 15 is 0 Å². The van der Waals surface area contributed by atoms with Gasteiger partial charge < -0.3 is 9.15 Å². The van der Waals surface area contributed by atoms with Gasteiger partial charge in [-0.2, -0.15) is 0 Å². The van der Waals surface area contributed by atoms with E-state index in [1.165, 1.54) is 18.2 Å². The summed E-state index contributed by atoms with van der Waals surface area (Å²) < 4.78 is 24.5. The van der Waals surface area contributed by atoms with Gasteiger partial charge in [-0.05, 0) is 42.3 Å². The van der Waals surface area contributed by atoms with E-state index in [1.54, 1.807) is 6.07 Å². The van der Waals surface area contributed by atoms with Crippen molar-refractivity contribution in [1.82, 2.24) is 0 Å². The van der Waals surface area contributed by atoms with Crippen LogP contribution in [0.5, 0.6) is 5.75 Å². The van der Waals surface area contributed by atoms with Crippen LogP contribution in [0.1, 0.15) is 11.1 Å². The largest absolute Gasteiger partial charge is 0.488 e. The van der Waals surface area contributed by atoms with E-state index < -0.39 is 11.4 Å². The van der Waals surface area contributed by atoms with Crippen LogP contribution in [-0.4, -0.2) is 0 Å². The molecule has 1 aromatic heterocycles. The number of hydrogen-bond donors (Lipinski definition) is 0. The molecule has 0 fully saturated rings. The first-order valence-electron chi connectivity index (χ1n) is 8.72. The normalized spacial score (nSPS) is 11.0. The van der Waals surface area contributed by atoms with Crippen molar-refractivity contribution in [3.05, 3.63) is 99.1 Å². The molecule has 0 unspecified atom stereocenters. The van der Waals surface area contributed by atoms with Crippen molar-refractivity contribution in [2.24, 2.45) is 0 Å². The first-order chi connectivity index (χ1) is 13.5. The minimum Gasteiger partial charge on any atom is -0.488 e. The van der Waals surface area contributed by atoms with Gasteiger partial charge in [-0.1, -0.05) is 48.0 Å². The Morgan fingerprint density at radius 2 is 1.82 bits per heavy atom. The fraction of sp³-hybridized carbons (Fsp3) is 0.0870. The van der Waals surface area contributed by atoms with Gasteiger partial charge in [0, 0.05) is 22.6 Å². The summed E-state index contributed by atoms with van der Waals surface area (Å²) in [5.74, 6) is 0.173. The third kappa shape index (κ3) is 3.51. The molecule has 0 atom stereocenters. The van der Waals surface area contributed by atoms with Crippen LogP contribution in [0.2, 0.25) is 5.02 Å². The highest BCUT2D eigenvalue weighted by molar-refractivity contribution is 6.31. The van der Waals surface area contributed by atoms with Gasteiger partial charge in [0.2, 0.25) is 0 Å². The number of hydrogen-bond acceptors (Lipinski definition) is 3. The molecule has 0 bridgehead atoms. The van der Waals surface area contributed by atoms with Crippen molar-refractivity contribution in [2.45, 2.75) is 13.5 Å². The third-order valence-electron chi connectivity index (χ3n) is 4.59. The molecule has 0 aliphatic rings. The van der Waals surface area contributed by atoms with E-state index in [4.69, 9.17) is 20.8 Å². The van der Waals surface area contributed by atoms with Crippen LogP contribution >= 0.6 is 11.6 Å². The molecule has 5 heteroatoms. The van der Waals surface area contributed by atoms with Crippen LogP contribution in [-0.2, 0) is 6.61 Å². The lowest BCUT2D eigenvalue weighted by Gasteiger charge is -2.13. The van der Waals surface area contributed by atoms with Gasteiger partial charge in [-0.3, -0.25) is 0 Å². The Morgan fingerprint density at radius 3 is 2.57 bits per heavy atom. The summed E-state index contributed by atoms with van der Waals surface area (Å²) >= 11 is 6.06. The molecule has 0 spiro atoms. The molecule has 4 aromatic rings. The third-order valence-corrected chi connectivity index (χ3v) is 4.95. The SMILES string of the molecule is Cc1c(OCc2ccc(F)cc2Cl)ccc2c(-c3ccccc3)cc(=O)oc12. The molecule has 0 saturated carbocycles. The maximum atomic E-state index is 13.2. The highest BCUT2D eigenvalue weighted by atomic mass is 35.5. The minimum atomic E-state index is -0.423. The van der Waals surface area contributed by atoms with Crippen molar-refractivity contribution >= 4 is 22.6 Å². The van der Waals surface area contributed by atoms with Gasteiger partial charge in [0.05, 0.1) is 5.02 Å². The number of aryl methyl sites for hydroxylation is 1. The van der Waals surface area contributed by atoms with E-state index in [9.17, 15) is 9.18 Å². The second-order valence-electron chi connectivity index (χ2n) is 6.43. The summed E-state index contributed by atoms with van der Waals surface area (Å²) in [4.78, 5) is 12.1. The molecule has 0 aliphatic carbocycles. The van der Waals surface area contributed by atoms with E-state index in [0.29, 0.717) is 27.5 Å². The Hall–Kier alpha value is -3.11. The number of rotatable bonds is 4. The fourth-order valence-corrected chi connectivity index (χ4v) is 3.37. The van der Waals surface area contributed by atoms with Crippen molar-refractivity contribution in [1.29, 1.82) is 0 Å². The summed E-state index contributed by atoms with van der Waals surface area (Å²) in [6.45, 7) is 2.01. The standard InChI is InChI=1S/C23H16ClFO3/c1-14-21(27-13-16-7-8-17(25)11-20(16)24)10-9-18-19(12-22(26)28-23(14)18)15-5-3-2-4-6-15/h2-12H,13H2,1H3. The average Bonchev–Trinajstić information content (AvgIpc) is 2.69. The lowest BCUT2D eigenvalue weighted by molar-refractivity contribution is 0.304. The molecule has 4 rings (SSSR count). The molecule has 28 heavy (non-hydrogen) atoms. The Morgan fingerprint density at radius 1 is 1.04 bits per heavy atom. The first-order valence-corrected chi connectivity index (χ1v) is 9.10. The predicted molar refractivity (Wildman–Crippen MR) is 108 cm³/mol. The summed E-state index contributed by atoms with van der Waals surface area (Å²) in [6.07, 6.45) is 0. The van der Waals surface area contributed by atoms with Gasteiger partial charge in [0.15, 0.2) is 0 Å². The Kier molecular flexibility index (Phi) is 4.88. The fourth-order valence-electron chi connectivity index (χ4n) is 3.15. The molecule has 140 valence electrons. The van der Waals surface area contributed by atoms with Gasteiger partial charge in [-0.15, -0.1) is 0 Å². The van der Waals surface area contributed by atoms with Crippen molar-refractivity contribution in [3.63, 3.8) is 0 Å². The number of fused-ring (bicyclic) bond motifs is 1. The van der Waals surface area contributed by atoms with E-state index in [2.05, 4.69) is 0 Å². The topological polar surface area (TPSA) is 39.4 Å². The lowest BCUT2D eigenvalue weighted by atomic mass is 10.0. The van der Waals surface area contributed by atoms with Crippen LogP contribution in [0.4, 0.5) is 4.39 Å². The van der Waals surface area contributed by atoms with Gasteiger partial charge in [0.25, 0.3) is 0 Å². The van der Waals surface area contributed by atoms with E-state index in [-0.39, 0.29) is 6.61 Å². The Balaban J connectivity index is 1.74. The highest BCUT2D eigenvalue weighted by Gasteiger charge is 2.13. The van der Waals surface area contributed by atoms with Gasteiger partial charge >= 0.3 is 5.63 Å². The molecule has 3 aromatic carbocycles. The zero-order chi connectivity index (χ0) is 19.7. The van der Waals surface area contributed by atoms with E-state index in [1.807, 2.05) is 49.4 Å². The molecular weight excluding hydrogens is 379 g/mol. The lowest BCUT2D eigenvalue weighted by Crippen LogP contribution is -2.02. The van der Waals surface area contributed by atoms with Crippen molar-refractivity contribution < 1.29 is 13.5 Å². The van der Waals surface area contributed by atoms with Gasteiger partial charge in [0.1, 0.15) is 23.8 Å². The molecule has 0 aliphatic heterocycles. The van der Waals surface area contributed by atoms with Gasteiger partial charge in [-0.25, -0.2) is 9.18 Å². The second-order valence-corrected chi connectivity index (χ2v) is 6.84. The zero-order valence-corrected chi connectivity index (χ0v) is 15.8. The molecule has 0 radical (unpaired) electrons. The molecule has 3 nitrogen and oxygen atoms in total. The first kappa shape index (κ1) is 18.3. The monoisotopic (exact) mass is 394 g/mol. The zero-order valence-electron chi connectivity index (χ0n) is 15.0. The molecule has 0 N–H and O–H groups in total. The number of ether oxygens (including phenoxy) is 1.